The van der Waals surface area contributed by atoms with Crippen molar-refractivity contribution in [3.8, 4) is 0 Å². The van der Waals surface area contributed by atoms with Crippen LogP contribution >= 0.6 is 0 Å². The van der Waals surface area contributed by atoms with Crippen LogP contribution in [0.2, 0.25) is 0 Å². The maximum absolute atomic E-state index is 13.0. The summed E-state index contributed by atoms with van der Waals surface area (Å²) < 4.78 is 0. The van der Waals surface area contributed by atoms with Crippen LogP contribution in [0.15, 0.2) is 24.3 Å². The van der Waals surface area contributed by atoms with E-state index < -0.39 is 0 Å². The molecule has 1 saturated heterocycles. The molecule has 3 aliphatic carbocycles. The zero-order chi connectivity index (χ0) is 17.3. The third-order valence-electron chi connectivity index (χ3n) is 7.91. The Bertz CT molecular complexity index is 712. The van der Waals surface area contributed by atoms with Crippen molar-refractivity contribution in [3.05, 3.63) is 35.4 Å². The van der Waals surface area contributed by atoms with Gasteiger partial charge in [0, 0.05) is 6.54 Å². The van der Waals surface area contributed by atoms with Gasteiger partial charge in [0.2, 0.25) is 0 Å². The van der Waals surface area contributed by atoms with Gasteiger partial charge in [-0.15, -0.1) is 0 Å². The molecule has 0 N–H and O–H groups in total. The standard InChI is InChI=1S/C22H30N2O/c1-14-6-4-5-7-16(14)13-23-22(2,3)21(25)24(23)20-9-8-15-10-17-11-18(20)12-19(15)17/h4-7,15,17-20H,8-13H2,1-3H3. The van der Waals surface area contributed by atoms with Crippen LogP contribution in [0.5, 0.6) is 0 Å². The second kappa shape index (κ2) is 5.33. The van der Waals surface area contributed by atoms with Crippen LogP contribution in [0.4, 0.5) is 0 Å². The van der Waals surface area contributed by atoms with Crippen molar-refractivity contribution in [2.75, 3.05) is 0 Å². The van der Waals surface area contributed by atoms with E-state index in [4.69, 9.17) is 0 Å². The van der Waals surface area contributed by atoms with Gasteiger partial charge in [-0.05, 0) is 87.7 Å². The number of hydrogen-bond donors (Lipinski definition) is 0. The first-order chi connectivity index (χ1) is 12.0. The maximum atomic E-state index is 13.0. The number of hydrazine groups is 1. The smallest absolute Gasteiger partial charge is 0.258 e. The van der Waals surface area contributed by atoms with Crippen LogP contribution < -0.4 is 0 Å². The van der Waals surface area contributed by atoms with E-state index in [1.807, 2.05) is 0 Å². The molecule has 3 saturated carbocycles. The average molecular weight is 338 g/mol. The van der Waals surface area contributed by atoms with Crippen LogP contribution in [-0.2, 0) is 11.3 Å². The van der Waals surface area contributed by atoms with E-state index in [-0.39, 0.29) is 5.54 Å². The molecule has 0 aromatic heterocycles. The number of carbonyl (C=O) groups is 1. The van der Waals surface area contributed by atoms with Crippen LogP contribution in [0.25, 0.3) is 0 Å². The second-order valence-corrected chi connectivity index (χ2v) is 9.49. The predicted molar refractivity (Wildman–Crippen MR) is 98.5 cm³/mol. The molecule has 4 aliphatic rings. The zero-order valence-electron chi connectivity index (χ0n) is 15.7. The fourth-order valence-electron chi connectivity index (χ4n) is 6.28. The van der Waals surface area contributed by atoms with Gasteiger partial charge in [-0.2, -0.15) is 5.01 Å². The topological polar surface area (TPSA) is 23.6 Å². The van der Waals surface area contributed by atoms with Crippen molar-refractivity contribution in [2.24, 2.45) is 23.7 Å². The third kappa shape index (κ3) is 2.17. The quantitative estimate of drug-likeness (QED) is 0.826. The lowest BCUT2D eigenvalue weighted by molar-refractivity contribution is -0.234. The SMILES string of the molecule is Cc1ccccc1CN1N(C2CCC3CC4CC2CC34)C(=O)C1(C)C. The van der Waals surface area contributed by atoms with Gasteiger partial charge in [-0.25, -0.2) is 0 Å². The number of hydrogen-bond acceptors (Lipinski definition) is 2. The highest BCUT2D eigenvalue weighted by atomic mass is 16.2. The number of fused-ring (bicyclic) bond motifs is 1. The Kier molecular flexibility index (Phi) is 3.38. The molecule has 2 bridgehead atoms. The van der Waals surface area contributed by atoms with Crippen LogP contribution in [0, 0.1) is 30.6 Å². The molecular formula is C22H30N2O. The van der Waals surface area contributed by atoms with Crippen molar-refractivity contribution in [2.45, 2.75) is 71.0 Å². The number of carbonyl (C=O) groups excluding carboxylic acids is 1. The fourth-order valence-corrected chi connectivity index (χ4v) is 6.28. The van der Waals surface area contributed by atoms with Gasteiger partial charge in [0.05, 0.1) is 6.04 Å². The number of rotatable bonds is 3. The van der Waals surface area contributed by atoms with Crippen molar-refractivity contribution >= 4 is 5.91 Å². The first-order valence-electron chi connectivity index (χ1n) is 10.1. The summed E-state index contributed by atoms with van der Waals surface area (Å²) in [5, 5.41) is 4.55. The molecule has 25 heavy (non-hydrogen) atoms. The van der Waals surface area contributed by atoms with Crippen molar-refractivity contribution < 1.29 is 4.79 Å². The predicted octanol–water partition coefficient (Wildman–Crippen LogP) is 4.16. The summed E-state index contributed by atoms with van der Waals surface area (Å²) in [4.78, 5) is 13.0. The summed E-state index contributed by atoms with van der Waals surface area (Å²) in [6, 6.07) is 9.04. The Morgan fingerprint density at radius 3 is 2.60 bits per heavy atom. The third-order valence-corrected chi connectivity index (χ3v) is 7.91. The average Bonchev–Trinajstić information content (AvgIpc) is 2.82. The zero-order valence-corrected chi connectivity index (χ0v) is 15.7. The lowest BCUT2D eigenvalue weighted by atomic mass is 9.64. The summed E-state index contributed by atoms with van der Waals surface area (Å²) in [5.74, 6) is 4.01. The Hall–Kier alpha value is -1.35. The first kappa shape index (κ1) is 15.9. The van der Waals surface area contributed by atoms with Gasteiger partial charge in [0.1, 0.15) is 5.54 Å². The molecule has 3 heteroatoms. The summed E-state index contributed by atoms with van der Waals surface area (Å²) >= 11 is 0. The molecule has 5 rings (SSSR count). The van der Waals surface area contributed by atoms with E-state index >= 15 is 0 Å². The van der Waals surface area contributed by atoms with Crippen molar-refractivity contribution in [3.63, 3.8) is 0 Å². The normalized spacial score (nSPS) is 38.9. The lowest BCUT2D eigenvalue weighted by Crippen LogP contribution is -2.77. The van der Waals surface area contributed by atoms with Crippen LogP contribution in [0.1, 0.15) is 57.1 Å². The van der Waals surface area contributed by atoms with Gasteiger partial charge in [0.15, 0.2) is 0 Å². The van der Waals surface area contributed by atoms with Crippen LogP contribution in [-0.4, -0.2) is 27.5 Å². The highest BCUT2D eigenvalue weighted by molar-refractivity contribution is 5.90. The van der Waals surface area contributed by atoms with E-state index in [9.17, 15) is 4.79 Å². The molecule has 1 aliphatic heterocycles. The maximum Gasteiger partial charge on any atom is 0.258 e. The summed E-state index contributed by atoms with van der Waals surface area (Å²) in [7, 11) is 0. The van der Waals surface area contributed by atoms with E-state index in [0.29, 0.717) is 11.9 Å². The van der Waals surface area contributed by atoms with E-state index in [0.717, 1.165) is 30.2 Å². The Balaban J connectivity index is 1.41. The lowest BCUT2D eigenvalue weighted by Gasteiger charge is -2.59. The molecule has 1 aromatic carbocycles. The highest BCUT2D eigenvalue weighted by Gasteiger charge is 2.59. The number of amides is 1. The molecule has 3 nitrogen and oxygen atoms in total. The molecule has 0 spiro atoms. The van der Waals surface area contributed by atoms with Gasteiger partial charge in [-0.3, -0.25) is 9.80 Å². The van der Waals surface area contributed by atoms with E-state index in [1.54, 1.807) is 0 Å². The molecule has 1 aromatic rings. The van der Waals surface area contributed by atoms with E-state index in [2.05, 4.69) is 55.1 Å². The van der Waals surface area contributed by atoms with Gasteiger partial charge >= 0.3 is 0 Å². The summed E-state index contributed by atoms with van der Waals surface area (Å²) in [6.45, 7) is 7.21. The second-order valence-electron chi connectivity index (χ2n) is 9.49. The minimum absolute atomic E-state index is 0.338. The minimum atomic E-state index is -0.366. The molecule has 134 valence electrons. The summed E-state index contributed by atoms with van der Waals surface area (Å²) in [5.41, 5.74) is 2.30. The molecule has 5 unspecified atom stereocenters. The van der Waals surface area contributed by atoms with Crippen molar-refractivity contribution in [1.82, 2.24) is 10.0 Å². The Morgan fingerprint density at radius 1 is 1.04 bits per heavy atom. The van der Waals surface area contributed by atoms with Gasteiger partial charge < -0.3 is 0 Å². The van der Waals surface area contributed by atoms with Crippen LogP contribution in [0.3, 0.4) is 0 Å². The first-order valence-corrected chi connectivity index (χ1v) is 10.1. The highest BCUT2D eigenvalue weighted by Crippen LogP contribution is 2.59. The molecule has 1 amide bonds. The van der Waals surface area contributed by atoms with Gasteiger partial charge in [0.25, 0.3) is 5.91 Å². The fraction of sp³-hybridized carbons (Fsp3) is 0.682. The molecule has 1 heterocycles. The molecular weight excluding hydrogens is 308 g/mol. The monoisotopic (exact) mass is 338 g/mol. The number of aryl methyl sites for hydroxylation is 1. The summed E-state index contributed by atoms with van der Waals surface area (Å²) in [6.07, 6.45) is 6.77. The Labute approximate surface area is 151 Å². The van der Waals surface area contributed by atoms with E-state index in [1.165, 1.54) is 43.2 Å². The van der Waals surface area contributed by atoms with Crippen molar-refractivity contribution in [1.29, 1.82) is 0 Å². The Morgan fingerprint density at radius 2 is 1.80 bits per heavy atom. The molecule has 0 radical (unpaired) electrons. The minimum Gasteiger partial charge on any atom is -0.271 e. The van der Waals surface area contributed by atoms with Gasteiger partial charge in [-0.1, -0.05) is 24.3 Å². The molecule has 5 atom stereocenters. The largest absolute Gasteiger partial charge is 0.271 e. The molecule has 4 fully saturated rings. The number of nitrogens with zero attached hydrogens (tertiary/aromatic N) is 2. The number of benzene rings is 1.